The molecule has 1 aromatic heterocycles. The first-order chi connectivity index (χ1) is 7.68. The lowest BCUT2D eigenvalue weighted by Crippen LogP contribution is -2.17. The lowest BCUT2D eigenvalue weighted by Gasteiger charge is -2.13. The summed E-state index contributed by atoms with van der Waals surface area (Å²) in [5.41, 5.74) is 0.260. The van der Waals surface area contributed by atoms with E-state index in [1.54, 1.807) is 36.0 Å². The average molecular weight is 216 g/mol. The summed E-state index contributed by atoms with van der Waals surface area (Å²) in [5, 5.41) is 13.9. The molecular formula is C11H10N3O2-. The molecule has 0 bridgehead atoms. The van der Waals surface area contributed by atoms with Crippen molar-refractivity contribution in [1.29, 1.82) is 0 Å². The molecule has 0 aliphatic rings. The van der Waals surface area contributed by atoms with E-state index in [-0.39, 0.29) is 17.3 Å². The zero-order valence-corrected chi connectivity index (χ0v) is 8.68. The third-order valence-electron chi connectivity index (χ3n) is 2.16. The Hall–Kier alpha value is -2.30. The van der Waals surface area contributed by atoms with E-state index in [1.807, 2.05) is 0 Å². The molecule has 1 heterocycles. The lowest BCUT2D eigenvalue weighted by atomic mass is 10.3. The fourth-order valence-electron chi connectivity index (χ4n) is 1.33. The SMILES string of the molecule is Cn1ccnc1C(=O)Nc1ccccc1[O-]. The van der Waals surface area contributed by atoms with E-state index >= 15 is 0 Å². The number of para-hydroxylation sites is 2. The number of benzene rings is 1. The zero-order valence-electron chi connectivity index (χ0n) is 8.68. The van der Waals surface area contributed by atoms with Gasteiger partial charge in [0.05, 0.1) is 0 Å². The Labute approximate surface area is 92.4 Å². The van der Waals surface area contributed by atoms with E-state index in [2.05, 4.69) is 10.3 Å². The van der Waals surface area contributed by atoms with Crippen LogP contribution in [0.3, 0.4) is 0 Å². The van der Waals surface area contributed by atoms with Crippen LogP contribution in [-0.4, -0.2) is 15.5 Å². The molecule has 5 nitrogen and oxygen atoms in total. The fourth-order valence-corrected chi connectivity index (χ4v) is 1.33. The molecule has 2 aromatic rings. The van der Waals surface area contributed by atoms with Gasteiger partial charge in [0.25, 0.3) is 5.91 Å². The highest BCUT2D eigenvalue weighted by molar-refractivity contribution is 6.02. The van der Waals surface area contributed by atoms with Crippen molar-refractivity contribution in [3.63, 3.8) is 0 Å². The molecular weight excluding hydrogens is 206 g/mol. The van der Waals surface area contributed by atoms with Gasteiger partial charge in [-0.3, -0.25) is 4.79 Å². The number of nitrogens with zero attached hydrogens (tertiary/aromatic N) is 2. The zero-order chi connectivity index (χ0) is 11.5. The van der Waals surface area contributed by atoms with Crippen LogP contribution in [0.2, 0.25) is 0 Å². The number of rotatable bonds is 2. The Morgan fingerprint density at radius 1 is 1.44 bits per heavy atom. The molecule has 2 rings (SSSR count). The summed E-state index contributed by atoms with van der Waals surface area (Å²) in [4.78, 5) is 15.6. The summed E-state index contributed by atoms with van der Waals surface area (Å²) in [6.07, 6.45) is 3.19. The first kappa shape index (κ1) is 10.2. The van der Waals surface area contributed by atoms with Gasteiger partial charge in [-0.2, -0.15) is 0 Å². The molecule has 0 saturated heterocycles. The number of imidazole rings is 1. The van der Waals surface area contributed by atoms with Crippen LogP contribution in [0.5, 0.6) is 5.75 Å². The Morgan fingerprint density at radius 2 is 2.19 bits per heavy atom. The standard InChI is InChI=1S/C11H11N3O2/c1-14-7-6-12-10(14)11(16)13-8-4-2-3-5-9(8)15/h2-7,15H,1H3,(H,13,16)/p-1. The maximum Gasteiger partial charge on any atom is 0.291 e. The van der Waals surface area contributed by atoms with Crippen molar-refractivity contribution in [2.24, 2.45) is 7.05 Å². The maximum absolute atomic E-state index is 11.7. The Kier molecular flexibility index (Phi) is 2.59. The second-order valence-corrected chi connectivity index (χ2v) is 3.31. The van der Waals surface area contributed by atoms with Crippen molar-refractivity contribution in [3.8, 4) is 5.75 Å². The molecule has 16 heavy (non-hydrogen) atoms. The summed E-state index contributed by atoms with van der Waals surface area (Å²) in [6.45, 7) is 0. The van der Waals surface area contributed by atoms with Crippen LogP contribution < -0.4 is 10.4 Å². The van der Waals surface area contributed by atoms with Gasteiger partial charge in [0.15, 0.2) is 5.82 Å². The third kappa shape index (κ3) is 1.88. The number of anilines is 1. The number of nitrogens with one attached hydrogen (secondary N) is 1. The second kappa shape index (κ2) is 4.06. The van der Waals surface area contributed by atoms with Gasteiger partial charge < -0.3 is 15.0 Å². The van der Waals surface area contributed by atoms with Crippen LogP contribution in [-0.2, 0) is 7.05 Å². The number of hydrogen-bond acceptors (Lipinski definition) is 3. The van der Waals surface area contributed by atoms with Crippen molar-refractivity contribution in [1.82, 2.24) is 9.55 Å². The molecule has 0 fully saturated rings. The Morgan fingerprint density at radius 3 is 2.81 bits per heavy atom. The van der Waals surface area contributed by atoms with Crippen LogP contribution in [0.4, 0.5) is 5.69 Å². The molecule has 0 saturated carbocycles. The van der Waals surface area contributed by atoms with Crippen molar-refractivity contribution < 1.29 is 9.90 Å². The van der Waals surface area contributed by atoms with E-state index in [0.717, 1.165) is 0 Å². The third-order valence-corrected chi connectivity index (χ3v) is 2.16. The maximum atomic E-state index is 11.7. The Bertz CT molecular complexity index is 519. The van der Waals surface area contributed by atoms with Crippen LogP contribution >= 0.6 is 0 Å². The van der Waals surface area contributed by atoms with E-state index in [4.69, 9.17) is 0 Å². The highest BCUT2D eigenvalue weighted by atomic mass is 16.3. The lowest BCUT2D eigenvalue weighted by molar-refractivity contribution is -0.267. The first-order valence-electron chi connectivity index (χ1n) is 4.73. The quantitative estimate of drug-likeness (QED) is 0.805. The minimum absolute atomic E-state index is 0.218. The summed E-state index contributed by atoms with van der Waals surface area (Å²) in [5.74, 6) is -0.343. The molecule has 0 aliphatic carbocycles. The average Bonchev–Trinajstić information content (AvgIpc) is 2.68. The van der Waals surface area contributed by atoms with Gasteiger partial charge in [0.2, 0.25) is 0 Å². The van der Waals surface area contributed by atoms with Crippen molar-refractivity contribution >= 4 is 11.6 Å². The smallest absolute Gasteiger partial charge is 0.291 e. The highest BCUT2D eigenvalue weighted by Crippen LogP contribution is 2.18. The van der Waals surface area contributed by atoms with Gasteiger partial charge in [0.1, 0.15) is 0 Å². The van der Waals surface area contributed by atoms with Crippen molar-refractivity contribution in [2.45, 2.75) is 0 Å². The number of amides is 1. The molecule has 0 aliphatic heterocycles. The first-order valence-corrected chi connectivity index (χ1v) is 4.73. The summed E-state index contributed by atoms with van der Waals surface area (Å²) < 4.78 is 1.59. The molecule has 1 N–H and O–H groups in total. The monoisotopic (exact) mass is 216 g/mol. The molecule has 0 radical (unpaired) electrons. The van der Waals surface area contributed by atoms with Gasteiger partial charge in [-0.15, -0.1) is 0 Å². The number of aryl methyl sites for hydroxylation is 1. The molecule has 0 atom stereocenters. The van der Waals surface area contributed by atoms with Gasteiger partial charge in [-0.25, -0.2) is 4.98 Å². The van der Waals surface area contributed by atoms with E-state index < -0.39 is 5.91 Å². The van der Waals surface area contributed by atoms with Crippen LogP contribution in [0.25, 0.3) is 0 Å². The van der Waals surface area contributed by atoms with Gasteiger partial charge in [-0.1, -0.05) is 23.9 Å². The van der Waals surface area contributed by atoms with Crippen LogP contribution in [0, 0.1) is 0 Å². The Balaban J connectivity index is 2.21. The summed E-state index contributed by atoms with van der Waals surface area (Å²) in [6, 6.07) is 6.27. The molecule has 1 amide bonds. The number of carbonyl (C=O) groups excluding carboxylic acids is 1. The predicted molar refractivity (Wildman–Crippen MR) is 57.0 cm³/mol. The number of aromatic nitrogens is 2. The van der Waals surface area contributed by atoms with E-state index in [9.17, 15) is 9.90 Å². The largest absolute Gasteiger partial charge is 0.871 e. The van der Waals surface area contributed by atoms with Crippen molar-refractivity contribution in [3.05, 3.63) is 42.5 Å². The van der Waals surface area contributed by atoms with Gasteiger partial charge in [0, 0.05) is 25.1 Å². The molecule has 82 valence electrons. The molecule has 5 heteroatoms. The van der Waals surface area contributed by atoms with E-state index in [1.165, 1.54) is 12.3 Å². The van der Waals surface area contributed by atoms with E-state index in [0.29, 0.717) is 0 Å². The minimum Gasteiger partial charge on any atom is -0.871 e. The van der Waals surface area contributed by atoms with Crippen molar-refractivity contribution in [2.75, 3.05) is 5.32 Å². The number of hydrogen-bond donors (Lipinski definition) is 1. The topological polar surface area (TPSA) is 70.0 Å². The number of carbonyl (C=O) groups is 1. The van der Waals surface area contributed by atoms with Crippen LogP contribution in [0.15, 0.2) is 36.7 Å². The fraction of sp³-hybridized carbons (Fsp3) is 0.0909. The summed E-state index contributed by atoms with van der Waals surface area (Å²) in [7, 11) is 1.71. The van der Waals surface area contributed by atoms with Gasteiger partial charge in [-0.05, 0) is 6.07 Å². The molecule has 1 aromatic carbocycles. The molecule has 0 spiro atoms. The predicted octanol–water partition coefficient (Wildman–Crippen LogP) is 0.746. The normalized spacial score (nSPS) is 10.1. The summed E-state index contributed by atoms with van der Waals surface area (Å²) >= 11 is 0. The highest BCUT2D eigenvalue weighted by Gasteiger charge is 2.10. The minimum atomic E-state index is -0.393. The molecule has 0 unspecified atom stereocenters. The van der Waals surface area contributed by atoms with Crippen LogP contribution in [0.1, 0.15) is 10.6 Å². The second-order valence-electron chi connectivity index (χ2n) is 3.31. The van der Waals surface area contributed by atoms with Gasteiger partial charge >= 0.3 is 0 Å².